The molecule has 0 aromatic carbocycles. The Morgan fingerprint density at radius 3 is 2.94 bits per heavy atom. The van der Waals surface area contributed by atoms with Gasteiger partial charge in [0, 0.05) is 26.1 Å². The summed E-state index contributed by atoms with van der Waals surface area (Å²) in [6.07, 6.45) is 4.90. The van der Waals surface area contributed by atoms with Crippen molar-refractivity contribution in [1.29, 1.82) is 0 Å². The third-order valence-corrected chi connectivity index (χ3v) is 3.72. The molecule has 1 aliphatic rings. The van der Waals surface area contributed by atoms with E-state index in [-0.39, 0.29) is 12.0 Å². The van der Waals surface area contributed by atoms with E-state index >= 15 is 0 Å². The van der Waals surface area contributed by atoms with E-state index in [1.165, 1.54) is 0 Å². The number of rotatable bonds is 6. The maximum Gasteiger partial charge on any atom is 0.222 e. The monoisotopic (exact) mass is 256 g/mol. The van der Waals surface area contributed by atoms with Crippen molar-refractivity contribution in [1.82, 2.24) is 4.90 Å². The molecule has 1 aliphatic heterocycles. The Balaban J connectivity index is 2.34. The molecule has 2 N–H and O–H groups in total. The van der Waals surface area contributed by atoms with Crippen LogP contribution in [0.25, 0.3) is 0 Å². The molecule has 106 valence electrons. The second-order valence-corrected chi connectivity index (χ2v) is 5.27. The second kappa shape index (κ2) is 8.48. The third-order valence-electron chi connectivity index (χ3n) is 3.72. The van der Waals surface area contributed by atoms with Gasteiger partial charge in [0.05, 0.1) is 6.10 Å². The van der Waals surface area contributed by atoms with Crippen LogP contribution in [0.3, 0.4) is 0 Å². The molecular formula is C14H28N2O2. The number of hydrogen-bond acceptors (Lipinski definition) is 3. The van der Waals surface area contributed by atoms with E-state index in [4.69, 9.17) is 10.5 Å². The summed E-state index contributed by atoms with van der Waals surface area (Å²) in [7, 11) is 0. The fourth-order valence-electron chi connectivity index (χ4n) is 2.49. The van der Waals surface area contributed by atoms with E-state index in [1.54, 1.807) is 0 Å². The van der Waals surface area contributed by atoms with E-state index in [0.29, 0.717) is 12.3 Å². The molecule has 2 atom stereocenters. The van der Waals surface area contributed by atoms with Crippen molar-refractivity contribution in [2.45, 2.75) is 52.1 Å². The summed E-state index contributed by atoms with van der Waals surface area (Å²) in [6.45, 7) is 7.29. The smallest absolute Gasteiger partial charge is 0.222 e. The zero-order chi connectivity index (χ0) is 13.4. The molecule has 1 amide bonds. The lowest BCUT2D eigenvalue weighted by molar-refractivity contribution is -0.132. The molecule has 4 nitrogen and oxygen atoms in total. The topological polar surface area (TPSA) is 55.6 Å². The van der Waals surface area contributed by atoms with Gasteiger partial charge in [-0.2, -0.15) is 0 Å². The number of carbonyl (C=O) groups excluding carboxylic acids is 1. The van der Waals surface area contributed by atoms with Crippen LogP contribution in [0.2, 0.25) is 0 Å². The van der Waals surface area contributed by atoms with E-state index < -0.39 is 0 Å². The summed E-state index contributed by atoms with van der Waals surface area (Å²) in [6, 6.07) is 0. The first-order valence-electron chi connectivity index (χ1n) is 7.26. The fraction of sp³-hybridized carbons (Fsp3) is 0.929. The van der Waals surface area contributed by atoms with Crippen LogP contribution < -0.4 is 5.73 Å². The summed E-state index contributed by atoms with van der Waals surface area (Å²) in [5.41, 5.74) is 5.58. The highest BCUT2D eigenvalue weighted by Gasteiger charge is 2.20. The number of nitrogens with two attached hydrogens (primary N) is 1. The molecule has 0 aromatic heterocycles. The highest BCUT2D eigenvalue weighted by molar-refractivity contribution is 5.76. The van der Waals surface area contributed by atoms with Gasteiger partial charge in [-0.15, -0.1) is 0 Å². The zero-order valence-corrected chi connectivity index (χ0v) is 11.9. The Morgan fingerprint density at radius 1 is 1.50 bits per heavy atom. The minimum Gasteiger partial charge on any atom is -0.377 e. The molecule has 1 saturated heterocycles. The van der Waals surface area contributed by atoms with Crippen molar-refractivity contribution in [3.63, 3.8) is 0 Å². The molecule has 0 aliphatic carbocycles. The predicted octanol–water partition coefficient (Wildman–Crippen LogP) is 1.78. The lowest BCUT2D eigenvalue weighted by Crippen LogP contribution is -2.36. The minimum atomic E-state index is 0.169. The molecular weight excluding hydrogens is 228 g/mol. The third kappa shape index (κ3) is 5.36. The van der Waals surface area contributed by atoms with E-state index in [2.05, 4.69) is 6.92 Å². The van der Waals surface area contributed by atoms with Crippen LogP contribution in [0.15, 0.2) is 0 Å². The van der Waals surface area contributed by atoms with Crippen LogP contribution in [0.1, 0.15) is 46.0 Å². The van der Waals surface area contributed by atoms with Crippen LogP contribution in [-0.2, 0) is 9.53 Å². The highest BCUT2D eigenvalue weighted by atomic mass is 16.5. The Morgan fingerprint density at radius 2 is 2.28 bits per heavy atom. The van der Waals surface area contributed by atoms with Gasteiger partial charge in [0.15, 0.2) is 0 Å². The number of carbonyl (C=O) groups is 1. The molecule has 1 fully saturated rings. The quantitative estimate of drug-likeness (QED) is 0.788. The Hall–Kier alpha value is -0.610. The lowest BCUT2D eigenvalue weighted by Gasteiger charge is -2.23. The van der Waals surface area contributed by atoms with Crippen molar-refractivity contribution >= 4 is 5.91 Å². The average Bonchev–Trinajstić information content (AvgIpc) is 2.58. The number of amides is 1. The summed E-state index contributed by atoms with van der Waals surface area (Å²) in [5, 5.41) is 0. The summed E-state index contributed by atoms with van der Waals surface area (Å²) in [4.78, 5) is 14.1. The van der Waals surface area contributed by atoms with E-state index in [1.807, 2.05) is 11.8 Å². The zero-order valence-electron chi connectivity index (χ0n) is 11.9. The minimum absolute atomic E-state index is 0.169. The van der Waals surface area contributed by atoms with Crippen molar-refractivity contribution in [2.75, 3.05) is 26.2 Å². The molecule has 0 aromatic rings. The van der Waals surface area contributed by atoms with Crippen molar-refractivity contribution in [3.05, 3.63) is 0 Å². The van der Waals surface area contributed by atoms with Gasteiger partial charge in [-0.05, 0) is 38.6 Å². The molecule has 1 heterocycles. The molecule has 0 radical (unpaired) electrons. The van der Waals surface area contributed by atoms with Crippen molar-refractivity contribution in [2.24, 2.45) is 11.7 Å². The van der Waals surface area contributed by atoms with Gasteiger partial charge >= 0.3 is 0 Å². The first-order chi connectivity index (χ1) is 8.67. The SMILES string of the molecule is CCC(CCN)CCC(=O)N1CCCOC(C)C1. The van der Waals surface area contributed by atoms with Gasteiger partial charge in [0.25, 0.3) is 0 Å². The van der Waals surface area contributed by atoms with E-state index in [9.17, 15) is 4.79 Å². The van der Waals surface area contributed by atoms with Crippen molar-refractivity contribution in [3.8, 4) is 0 Å². The number of hydrogen-bond donors (Lipinski definition) is 1. The molecule has 2 unspecified atom stereocenters. The Labute approximate surface area is 111 Å². The second-order valence-electron chi connectivity index (χ2n) is 5.27. The van der Waals surface area contributed by atoms with Gasteiger partial charge in [-0.1, -0.05) is 13.3 Å². The van der Waals surface area contributed by atoms with Gasteiger partial charge in [0.2, 0.25) is 5.91 Å². The molecule has 1 rings (SSSR count). The molecule has 0 saturated carbocycles. The molecule has 4 heteroatoms. The largest absolute Gasteiger partial charge is 0.377 e. The summed E-state index contributed by atoms with van der Waals surface area (Å²) in [5.74, 6) is 0.877. The Kier molecular flexibility index (Phi) is 7.28. The maximum atomic E-state index is 12.2. The van der Waals surface area contributed by atoms with Gasteiger partial charge in [-0.3, -0.25) is 4.79 Å². The molecule has 18 heavy (non-hydrogen) atoms. The average molecular weight is 256 g/mol. The number of nitrogens with zero attached hydrogens (tertiary/aromatic N) is 1. The molecule has 0 spiro atoms. The van der Waals surface area contributed by atoms with Crippen molar-refractivity contribution < 1.29 is 9.53 Å². The first-order valence-corrected chi connectivity index (χ1v) is 7.26. The Bertz CT molecular complexity index is 246. The van der Waals surface area contributed by atoms with Gasteiger partial charge in [-0.25, -0.2) is 0 Å². The molecule has 0 bridgehead atoms. The number of ether oxygens (including phenoxy) is 1. The lowest BCUT2D eigenvalue weighted by atomic mass is 9.96. The van der Waals surface area contributed by atoms with Gasteiger partial charge in [0.1, 0.15) is 0 Å². The van der Waals surface area contributed by atoms with Crippen LogP contribution in [0.5, 0.6) is 0 Å². The van der Waals surface area contributed by atoms with E-state index in [0.717, 1.165) is 51.9 Å². The summed E-state index contributed by atoms with van der Waals surface area (Å²) >= 11 is 0. The highest BCUT2D eigenvalue weighted by Crippen LogP contribution is 2.16. The first kappa shape index (κ1) is 15.4. The van der Waals surface area contributed by atoms with Crippen LogP contribution >= 0.6 is 0 Å². The van der Waals surface area contributed by atoms with Crippen LogP contribution in [0.4, 0.5) is 0 Å². The standard InChI is InChI=1S/C14H28N2O2/c1-3-13(7-8-15)5-6-14(17)16-9-4-10-18-12(2)11-16/h12-13H,3-11,15H2,1-2H3. The van der Waals surface area contributed by atoms with Crippen LogP contribution in [0, 0.1) is 5.92 Å². The summed E-state index contributed by atoms with van der Waals surface area (Å²) < 4.78 is 5.56. The predicted molar refractivity (Wildman–Crippen MR) is 73.3 cm³/mol. The van der Waals surface area contributed by atoms with Crippen LogP contribution in [-0.4, -0.2) is 43.2 Å². The van der Waals surface area contributed by atoms with Gasteiger partial charge < -0.3 is 15.4 Å². The fourth-order valence-corrected chi connectivity index (χ4v) is 2.49. The normalized spacial score (nSPS) is 22.6. The maximum absolute atomic E-state index is 12.2.